The molecular formula is C16H23NO3. The van der Waals surface area contributed by atoms with Crippen LogP contribution in [0.2, 0.25) is 0 Å². The molecule has 0 fully saturated rings. The fourth-order valence-electron chi connectivity index (χ4n) is 1.48. The van der Waals surface area contributed by atoms with Gasteiger partial charge in [0.05, 0.1) is 12.0 Å². The second-order valence-corrected chi connectivity index (χ2v) is 4.49. The van der Waals surface area contributed by atoms with E-state index in [2.05, 4.69) is 16.6 Å². The van der Waals surface area contributed by atoms with Crippen LogP contribution in [-0.2, 0) is 14.3 Å². The highest BCUT2D eigenvalue weighted by Crippen LogP contribution is 2.30. The topological polar surface area (TPSA) is 55.4 Å². The van der Waals surface area contributed by atoms with Gasteiger partial charge < -0.3 is 10.1 Å². The summed E-state index contributed by atoms with van der Waals surface area (Å²) in [6.07, 6.45) is 1.78. The summed E-state index contributed by atoms with van der Waals surface area (Å²) in [4.78, 5) is 20.5. The van der Waals surface area contributed by atoms with E-state index in [9.17, 15) is 9.59 Å². The minimum Gasteiger partial charge on any atom is -0.465 e. The van der Waals surface area contributed by atoms with Crippen molar-refractivity contribution in [1.29, 1.82) is 0 Å². The summed E-state index contributed by atoms with van der Waals surface area (Å²) in [7, 11) is 0. The van der Waals surface area contributed by atoms with E-state index in [4.69, 9.17) is 0 Å². The van der Waals surface area contributed by atoms with E-state index in [1.807, 2.05) is 38.1 Å². The number of hydrogen-bond acceptors (Lipinski definition) is 3. The molecule has 20 heavy (non-hydrogen) atoms. The molecular weight excluding hydrogens is 254 g/mol. The Morgan fingerprint density at radius 1 is 1.35 bits per heavy atom. The molecule has 0 aromatic heterocycles. The Balaban J connectivity index is 0.000000344. The first kappa shape index (κ1) is 17.9. The molecule has 110 valence electrons. The first-order valence-corrected chi connectivity index (χ1v) is 6.53. The second kappa shape index (κ2) is 9.78. The van der Waals surface area contributed by atoms with Gasteiger partial charge in [0.15, 0.2) is 0 Å². The van der Waals surface area contributed by atoms with E-state index in [1.54, 1.807) is 19.9 Å². The van der Waals surface area contributed by atoms with Crippen LogP contribution in [0.5, 0.6) is 0 Å². The van der Waals surface area contributed by atoms with Gasteiger partial charge in [0.25, 0.3) is 6.47 Å². The van der Waals surface area contributed by atoms with Crippen LogP contribution in [0, 0.1) is 0 Å². The molecule has 4 nitrogen and oxygen atoms in total. The van der Waals surface area contributed by atoms with E-state index >= 15 is 0 Å². The lowest BCUT2D eigenvalue weighted by Gasteiger charge is -1.97. The fourth-order valence-corrected chi connectivity index (χ4v) is 1.48. The van der Waals surface area contributed by atoms with Gasteiger partial charge in [-0.25, -0.2) is 0 Å². The number of nitrogens with one attached hydrogen (secondary N) is 1. The first-order valence-electron chi connectivity index (χ1n) is 6.53. The normalized spacial score (nSPS) is 14.8. The monoisotopic (exact) mass is 277 g/mol. The predicted octanol–water partition coefficient (Wildman–Crippen LogP) is 3.50. The number of carbonyl (C=O) groups excluding carboxylic acids is 2. The zero-order chi connectivity index (χ0) is 15.5. The maximum atomic E-state index is 11.1. The van der Waals surface area contributed by atoms with E-state index in [0.717, 1.165) is 11.3 Å². The number of fused-ring (bicyclic) bond motifs is 1. The van der Waals surface area contributed by atoms with Crippen molar-refractivity contribution in [2.45, 2.75) is 39.7 Å². The Labute approximate surface area is 120 Å². The third-order valence-corrected chi connectivity index (χ3v) is 2.41. The van der Waals surface area contributed by atoms with E-state index in [1.165, 1.54) is 0 Å². The van der Waals surface area contributed by atoms with Crippen LogP contribution in [0.15, 0.2) is 36.9 Å². The zero-order valence-corrected chi connectivity index (χ0v) is 12.6. The number of para-hydroxylation sites is 1. The minimum atomic E-state index is 0.0196. The molecule has 1 aliphatic heterocycles. The molecule has 0 saturated heterocycles. The number of ether oxygens (including phenoxy) is 1. The van der Waals surface area contributed by atoms with Crippen molar-refractivity contribution in [3.8, 4) is 0 Å². The van der Waals surface area contributed by atoms with Crippen LogP contribution in [0.25, 0.3) is 0 Å². The van der Waals surface area contributed by atoms with Gasteiger partial charge in [-0.15, -0.1) is 6.58 Å². The Bertz CT molecular complexity index is 441. The fraction of sp³-hybridized carbons (Fsp3) is 0.375. The Morgan fingerprint density at radius 3 is 2.30 bits per heavy atom. The van der Waals surface area contributed by atoms with Crippen molar-refractivity contribution >= 4 is 18.1 Å². The largest absolute Gasteiger partial charge is 0.465 e. The molecule has 0 aliphatic carbocycles. The quantitative estimate of drug-likeness (QED) is 0.665. The third kappa shape index (κ3) is 6.18. The number of anilines is 1. The number of rotatable bonds is 2. The maximum Gasteiger partial charge on any atom is 0.293 e. The number of carbonyl (C=O) groups is 2. The van der Waals surface area contributed by atoms with Crippen LogP contribution >= 0.6 is 0 Å². The summed E-state index contributed by atoms with van der Waals surface area (Å²) in [6.45, 7) is 11.2. The molecule has 2 rings (SSSR count). The van der Waals surface area contributed by atoms with Crippen molar-refractivity contribution in [1.82, 2.24) is 0 Å². The molecule has 1 aromatic carbocycles. The van der Waals surface area contributed by atoms with Gasteiger partial charge in [-0.1, -0.05) is 24.3 Å². The molecule has 0 spiro atoms. The molecule has 1 N–H and O–H groups in total. The van der Waals surface area contributed by atoms with Crippen molar-refractivity contribution in [2.75, 3.05) is 5.32 Å². The molecule has 0 bridgehead atoms. The third-order valence-electron chi connectivity index (χ3n) is 2.41. The molecule has 0 radical (unpaired) electrons. The van der Waals surface area contributed by atoms with Crippen LogP contribution in [0.1, 0.15) is 39.2 Å². The van der Waals surface area contributed by atoms with Crippen molar-refractivity contribution in [3.05, 3.63) is 42.5 Å². The molecule has 4 heteroatoms. The van der Waals surface area contributed by atoms with Gasteiger partial charge in [-0.2, -0.15) is 0 Å². The summed E-state index contributed by atoms with van der Waals surface area (Å²) in [5, 5.41) is 2.81. The van der Waals surface area contributed by atoms with Gasteiger partial charge in [-0.05, 0) is 39.3 Å². The predicted molar refractivity (Wildman–Crippen MR) is 81.6 cm³/mol. The van der Waals surface area contributed by atoms with Gasteiger partial charge in [0, 0.05) is 5.69 Å². The van der Waals surface area contributed by atoms with E-state index in [0.29, 0.717) is 6.47 Å². The molecule has 1 aromatic rings. The number of benzene rings is 1. The summed E-state index contributed by atoms with van der Waals surface area (Å²) in [5.41, 5.74) is 2.07. The average Bonchev–Trinajstić information content (AvgIpc) is 2.67. The summed E-state index contributed by atoms with van der Waals surface area (Å²) >= 11 is 0. The summed E-state index contributed by atoms with van der Waals surface area (Å²) < 4.78 is 4.36. The molecule has 0 saturated carbocycles. The van der Waals surface area contributed by atoms with Gasteiger partial charge in [-0.3, -0.25) is 9.59 Å². The Kier molecular flexibility index (Phi) is 8.75. The lowest BCUT2D eigenvalue weighted by Crippen LogP contribution is -2.08. The van der Waals surface area contributed by atoms with Gasteiger partial charge in [0.1, 0.15) is 0 Å². The van der Waals surface area contributed by atoms with Crippen molar-refractivity contribution in [2.24, 2.45) is 0 Å². The second-order valence-electron chi connectivity index (χ2n) is 4.49. The SMILES string of the molecule is C=CC.CC(C)OC=O.CC1C(=O)Nc2ccccc21. The van der Waals surface area contributed by atoms with Crippen LogP contribution in [0.4, 0.5) is 5.69 Å². The molecule has 1 amide bonds. The lowest BCUT2D eigenvalue weighted by molar-refractivity contribution is -0.132. The minimum absolute atomic E-state index is 0.0196. The van der Waals surface area contributed by atoms with E-state index in [-0.39, 0.29) is 17.9 Å². The maximum absolute atomic E-state index is 11.1. The first-order chi connectivity index (χ1) is 9.47. The standard InChI is InChI=1S/C9H9NO.C4H8O2.C3H6/c1-6-7-4-2-3-5-8(7)10-9(6)11;1-4(2)6-3-5;1-3-2/h2-6H,1H3,(H,10,11);3-4H,1-2H3;3H,1H2,2H3. The van der Waals surface area contributed by atoms with Crippen LogP contribution in [0.3, 0.4) is 0 Å². The van der Waals surface area contributed by atoms with Crippen molar-refractivity contribution < 1.29 is 14.3 Å². The van der Waals surface area contributed by atoms with Crippen molar-refractivity contribution in [3.63, 3.8) is 0 Å². The average molecular weight is 277 g/mol. The van der Waals surface area contributed by atoms with Gasteiger partial charge >= 0.3 is 0 Å². The zero-order valence-electron chi connectivity index (χ0n) is 12.6. The summed E-state index contributed by atoms with van der Waals surface area (Å²) in [5.74, 6) is 0.123. The number of allylic oxidation sites excluding steroid dienone is 1. The molecule has 1 atom stereocenters. The van der Waals surface area contributed by atoms with E-state index < -0.39 is 0 Å². The number of amides is 1. The highest BCUT2D eigenvalue weighted by molar-refractivity contribution is 6.02. The molecule has 1 aliphatic rings. The Hall–Kier alpha value is -2.10. The molecule has 1 unspecified atom stereocenters. The smallest absolute Gasteiger partial charge is 0.293 e. The summed E-state index contributed by atoms with van der Waals surface area (Å²) in [6, 6.07) is 7.79. The lowest BCUT2D eigenvalue weighted by atomic mass is 10.0. The molecule has 1 heterocycles. The Morgan fingerprint density at radius 2 is 1.90 bits per heavy atom. The van der Waals surface area contributed by atoms with Gasteiger partial charge in [0.2, 0.25) is 5.91 Å². The highest BCUT2D eigenvalue weighted by atomic mass is 16.5. The van der Waals surface area contributed by atoms with Crippen LogP contribution in [-0.4, -0.2) is 18.5 Å². The highest BCUT2D eigenvalue weighted by Gasteiger charge is 2.25. The van der Waals surface area contributed by atoms with Crippen LogP contribution < -0.4 is 5.32 Å². The number of hydrogen-bond donors (Lipinski definition) is 1.